The molecule has 126 valence electrons. The van der Waals surface area contributed by atoms with Crippen LogP contribution in [0.15, 0.2) is 4.90 Å². The van der Waals surface area contributed by atoms with Crippen molar-refractivity contribution in [1.29, 1.82) is 0 Å². The molecule has 1 amide bonds. The highest BCUT2D eigenvalue weighted by Gasteiger charge is 2.33. The molecule has 0 aliphatic heterocycles. The highest BCUT2D eigenvalue weighted by atomic mass is 35.5. The van der Waals surface area contributed by atoms with E-state index < -0.39 is 15.9 Å². The van der Waals surface area contributed by atoms with Crippen molar-refractivity contribution in [3.63, 3.8) is 0 Å². The van der Waals surface area contributed by atoms with Gasteiger partial charge in [-0.2, -0.15) is 5.10 Å². The molecular weight excluding hydrogens is 330 g/mol. The summed E-state index contributed by atoms with van der Waals surface area (Å²) in [6.45, 7) is 5.27. The molecule has 0 aliphatic rings. The Kier molecular flexibility index (Phi) is 6.83. The van der Waals surface area contributed by atoms with Crippen LogP contribution in [0, 0.1) is 6.92 Å². The molecule has 0 radical (unpaired) electrons. The van der Waals surface area contributed by atoms with Gasteiger partial charge in [0.2, 0.25) is 0 Å². The summed E-state index contributed by atoms with van der Waals surface area (Å²) in [6, 6.07) is 0. The second-order valence-electron chi connectivity index (χ2n) is 4.80. The maximum atomic E-state index is 12.7. The van der Waals surface area contributed by atoms with Gasteiger partial charge in [-0.05, 0) is 20.3 Å². The number of rotatable bonds is 8. The number of nitrogens with zero attached hydrogens (tertiary/aromatic N) is 3. The minimum Gasteiger partial charge on any atom is -0.372 e. The fraction of sp³-hybridized carbons (Fsp3) is 0.692. The van der Waals surface area contributed by atoms with Gasteiger partial charge < -0.3 is 4.74 Å². The maximum Gasteiger partial charge on any atom is 0.271 e. The predicted molar refractivity (Wildman–Crippen MR) is 83.3 cm³/mol. The number of sulfonamides is 1. The molecule has 0 fully saturated rings. The van der Waals surface area contributed by atoms with E-state index in [1.807, 2.05) is 6.92 Å². The van der Waals surface area contributed by atoms with E-state index >= 15 is 0 Å². The van der Waals surface area contributed by atoms with Crippen LogP contribution in [0.25, 0.3) is 0 Å². The van der Waals surface area contributed by atoms with E-state index in [2.05, 4.69) is 5.10 Å². The van der Waals surface area contributed by atoms with E-state index in [1.165, 1.54) is 11.6 Å². The van der Waals surface area contributed by atoms with Crippen molar-refractivity contribution in [2.45, 2.75) is 38.5 Å². The van der Waals surface area contributed by atoms with Gasteiger partial charge in [-0.15, -0.1) is 0 Å². The number of halogens is 1. The first-order valence-electron chi connectivity index (χ1n) is 7.09. The van der Waals surface area contributed by atoms with Crippen LogP contribution in [0.1, 0.15) is 32.4 Å². The molecule has 22 heavy (non-hydrogen) atoms. The standard InChI is InChI=1S/C13H22ClN3O4S/c1-5-7-8-21-9-11(18)17(6-2)22(19,20)12-10(3)15-16(4)13(12)14/h5-9H2,1-4H3. The van der Waals surface area contributed by atoms with E-state index in [-0.39, 0.29) is 28.9 Å². The molecule has 0 saturated heterocycles. The number of ether oxygens (including phenoxy) is 1. The molecule has 0 bridgehead atoms. The summed E-state index contributed by atoms with van der Waals surface area (Å²) in [5, 5.41) is 3.96. The lowest BCUT2D eigenvalue weighted by Gasteiger charge is -2.20. The van der Waals surface area contributed by atoms with Gasteiger partial charge in [-0.3, -0.25) is 9.48 Å². The van der Waals surface area contributed by atoms with Crippen LogP contribution in [0.2, 0.25) is 5.15 Å². The Morgan fingerprint density at radius 3 is 2.50 bits per heavy atom. The summed E-state index contributed by atoms with van der Waals surface area (Å²) in [4.78, 5) is 12.0. The Labute approximate surface area is 136 Å². The van der Waals surface area contributed by atoms with Gasteiger partial charge in [0.1, 0.15) is 16.7 Å². The van der Waals surface area contributed by atoms with Crippen molar-refractivity contribution in [3.8, 4) is 0 Å². The Hall–Kier alpha value is -1.12. The summed E-state index contributed by atoms with van der Waals surface area (Å²) in [5.41, 5.74) is 0.255. The van der Waals surface area contributed by atoms with Crippen LogP contribution in [0.4, 0.5) is 0 Å². The Balaban J connectivity index is 2.99. The van der Waals surface area contributed by atoms with Gasteiger partial charge in [0.15, 0.2) is 0 Å². The molecule has 0 unspecified atom stereocenters. The van der Waals surface area contributed by atoms with Gasteiger partial charge in [0, 0.05) is 20.2 Å². The number of hydrogen-bond donors (Lipinski definition) is 0. The van der Waals surface area contributed by atoms with Crippen LogP contribution in [-0.4, -0.2) is 48.2 Å². The molecule has 7 nitrogen and oxygen atoms in total. The SMILES string of the molecule is CCCCOCC(=O)N(CC)S(=O)(=O)c1c(C)nn(C)c1Cl. The molecule has 0 aliphatic carbocycles. The zero-order valence-corrected chi connectivity index (χ0v) is 14.9. The van der Waals surface area contributed by atoms with E-state index in [4.69, 9.17) is 16.3 Å². The lowest BCUT2D eigenvalue weighted by atomic mass is 10.4. The molecular formula is C13H22ClN3O4S. The largest absolute Gasteiger partial charge is 0.372 e. The highest BCUT2D eigenvalue weighted by Crippen LogP contribution is 2.27. The number of likely N-dealkylation sites (N-methyl/N-ethyl adjacent to an activating group) is 1. The van der Waals surface area contributed by atoms with Gasteiger partial charge in [-0.25, -0.2) is 12.7 Å². The third-order valence-electron chi connectivity index (χ3n) is 3.08. The maximum absolute atomic E-state index is 12.7. The smallest absolute Gasteiger partial charge is 0.271 e. The highest BCUT2D eigenvalue weighted by molar-refractivity contribution is 7.89. The first-order chi connectivity index (χ1) is 10.3. The molecule has 1 aromatic heterocycles. The van der Waals surface area contributed by atoms with Crippen molar-refractivity contribution < 1.29 is 17.9 Å². The Bertz CT molecular complexity index is 627. The average Bonchev–Trinajstić information content (AvgIpc) is 2.69. The van der Waals surface area contributed by atoms with Crippen LogP contribution in [0.5, 0.6) is 0 Å². The summed E-state index contributed by atoms with van der Waals surface area (Å²) in [7, 11) is -2.50. The Morgan fingerprint density at radius 1 is 1.41 bits per heavy atom. The van der Waals surface area contributed by atoms with Gasteiger partial charge in [0.25, 0.3) is 15.9 Å². The van der Waals surface area contributed by atoms with E-state index in [1.54, 1.807) is 14.0 Å². The van der Waals surface area contributed by atoms with Crippen LogP contribution in [-0.2, 0) is 26.6 Å². The molecule has 0 aromatic carbocycles. The van der Waals surface area contributed by atoms with Crippen molar-refractivity contribution in [2.75, 3.05) is 19.8 Å². The van der Waals surface area contributed by atoms with Crippen molar-refractivity contribution in [2.24, 2.45) is 7.05 Å². The number of carbonyl (C=O) groups excluding carboxylic acids is 1. The van der Waals surface area contributed by atoms with Gasteiger partial charge >= 0.3 is 0 Å². The third kappa shape index (κ3) is 3.99. The number of hydrogen-bond acceptors (Lipinski definition) is 5. The predicted octanol–water partition coefficient (Wildman–Crippen LogP) is 1.74. The second kappa shape index (κ2) is 7.94. The van der Waals surface area contributed by atoms with Crippen LogP contribution in [0.3, 0.4) is 0 Å². The normalized spacial score (nSPS) is 11.7. The topological polar surface area (TPSA) is 81.5 Å². The minimum atomic E-state index is -4.05. The summed E-state index contributed by atoms with van der Waals surface area (Å²) < 4.78 is 32.6. The first kappa shape index (κ1) is 18.9. The average molecular weight is 352 g/mol. The zero-order chi connectivity index (χ0) is 16.9. The molecule has 0 spiro atoms. The van der Waals surface area contributed by atoms with Crippen molar-refractivity contribution in [3.05, 3.63) is 10.8 Å². The van der Waals surface area contributed by atoms with Crippen LogP contribution < -0.4 is 0 Å². The molecule has 0 N–H and O–H groups in total. The fourth-order valence-electron chi connectivity index (χ4n) is 1.97. The lowest BCUT2D eigenvalue weighted by Crippen LogP contribution is -2.39. The number of amides is 1. The number of aromatic nitrogens is 2. The number of carbonyl (C=O) groups is 1. The summed E-state index contributed by atoms with van der Waals surface area (Å²) in [5.74, 6) is -0.613. The first-order valence-corrected chi connectivity index (χ1v) is 8.91. The fourth-order valence-corrected chi connectivity index (χ4v) is 4.08. The number of aryl methyl sites for hydroxylation is 2. The van der Waals surface area contributed by atoms with Gasteiger partial charge in [0.05, 0.1) is 5.69 Å². The van der Waals surface area contributed by atoms with Crippen molar-refractivity contribution in [1.82, 2.24) is 14.1 Å². The quantitative estimate of drug-likeness (QED) is 0.666. The summed E-state index contributed by atoms with van der Waals surface area (Å²) >= 11 is 6.00. The van der Waals surface area contributed by atoms with E-state index in [9.17, 15) is 13.2 Å². The minimum absolute atomic E-state index is 0.00294. The van der Waals surface area contributed by atoms with Gasteiger partial charge in [-0.1, -0.05) is 24.9 Å². The zero-order valence-electron chi connectivity index (χ0n) is 13.3. The molecule has 9 heteroatoms. The Morgan fingerprint density at radius 2 is 2.05 bits per heavy atom. The lowest BCUT2D eigenvalue weighted by molar-refractivity contribution is -0.131. The second-order valence-corrected chi connectivity index (χ2v) is 6.96. The number of unbranched alkanes of at least 4 members (excludes halogenated alkanes) is 1. The van der Waals surface area contributed by atoms with Crippen LogP contribution >= 0.6 is 11.6 Å². The van der Waals surface area contributed by atoms with Crippen molar-refractivity contribution >= 4 is 27.5 Å². The molecule has 1 rings (SSSR count). The monoisotopic (exact) mass is 351 g/mol. The van der Waals surface area contributed by atoms with E-state index in [0.29, 0.717) is 6.61 Å². The molecule has 0 atom stereocenters. The molecule has 0 saturated carbocycles. The summed E-state index contributed by atoms with van der Waals surface area (Å²) in [6.07, 6.45) is 1.76. The molecule has 1 heterocycles. The third-order valence-corrected chi connectivity index (χ3v) is 5.67. The molecule has 1 aromatic rings. The van der Waals surface area contributed by atoms with E-state index in [0.717, 1.165) is 17.1 Å².